The predicted octanol–water partition coefficient (Wildman–Crippen LogP) is 5.76. The molecule has 1 unspecified atom stereocenters. The number of ether oxygens (including phenoxy) is 2. The Kier molecular flexibility index (Phi) is 4.71. The van der Waals surface area contributed by atoms with Crippen molar-refractivity contribution in [3.63, 3.8) is 0 Å². The average molecular weight is 397 g/mol. The summed E-state index contributed by atoms with van der Waals surface area (Å²) in [5.74, 6) is 2.06. The van der Waals surface area contributed by atoms with E-state index in [1.165, 1.54) is 48.8 Å². The number of ketones is 1. The maximum absolute atomic E-state index is 12.2. The third-order valence-electron chi connectivity index (χ3n) is 9.43. The van der Waals surface area contributed by atoms with Gasteiger partial charge in [0.2, 0.25) is 0 Å². The molecule has 0 aromatic rings. The highest BCUT2D eigenvalue weighted by Crippen LogP contribution is 2.66. The van der Waals surface area contributed by atoms with Crippen molar-refractivity contribution in [2.75, 3.05) is 6.61 Å². The zero-order valence-electron chi connectivity index (χ0n) is 18.3. The van der Waals surface area contributed by atoms with Crippen molar-refractivity contribution in [1.29, 1.82) is 0 Å². The van der Waals surface area contributed by atoms with Crippen LogP contribution in [0.1, 0.15) is 72.1 Å². The number of hydrogen-bond acceptors (Lipinski definition) is 3. The van der Waals surface area contributed by atoms with Gasteiger partial charge in [-0.3, -0.25) is 4.79 Å². The molecule has 5 rings (SSSR count). The van der Waals surface area contributed by atoms with Crippen molar-refractivity contribution in [2.24, 2.45) is 28.6 Å². The van der Waals surface area contributed by atoms with E-state index in [0.29, 0.717) is 23.9 Å². The van der Waals surface area contributed by atoms with Gasteiger partial charge in [0.15, 0.2) is 12.1 Å². The Bertz CT molecular complexity index is 786. The van der Waals surface area contributed by atoms with Crippen molar-refractivity contribution >= 4 is 5.78 Å². The normalized spacial score (nSPS) is 47.1. The van der Waals surface area contributed by atoms with Crippen LogP contribution in [-0.4, -0.2) is 24.8 Å². The van der Waals surface area contributed by atoms with Crippen LogP contribution in [0.4, 0.5) is 0 Å². The van der Waals surface area contributed by atoms with Gasteiger partial charge >= 0.3 is 0 Å². The summed E-state index contributed by atoms with van der Waals surface area (Å²) in [5, 5.41) is 0. The number of hydrogen-bond donors (Lipinski definition) is 0. The van der Waals surface area contributed by atoms with Gasteiger partial charge in [0.1, 0.15) is 0 Å². The maximum Gasteiger partial charge on any atom is 0.178 e. The molecule has 3 saturated carbocycles. The van der Waals surface area contributed by atoms with E-state index in [4.69, 9.17) is 9.47 Å². The smallest absolute Gasteiger partial charge is 0.178 e. The lowest BCUT2D eigenvalue weighted by Crippen LogP contribution is -2.52. The topological polar surface area (TPSA) is 35.5 Å². The minimum atomic E-state index is -0.0271. The van der Waals surface area contributed by atoms with E-state index in [0.717, 1.165) is 25.9 Å². The summed E-state index contributed by atoms with van der Waals surface area (Å²) in [4.78, 5) is 12.2. The first-order valence-corrected chi connectivity index (χ1v) is 11.7. The second kappa shape index (κ2) is 6.92. The van der Waals surface area contributed by atoms with E-state index >= 15 is 0 Å². The van der Waals surface area contributed by atoms with E-state index in [1.807, 2.05) is 12.2 Å². The SMILES string of the molecule is C=C1C[C@@H]2[C@H](CC[C@]3(C)[C@@H](OC4CCCCO4)CC[C@@H]23)[C@@]2(C)C(C)=CC(=O)C=C12. The largest absolute Gasteiger partial charge is 0.353 e. The van der Waals surface area contributed by atoms with Gasteiger partial charge in [-0.2, -0.15) is 0 Å². The molecule has 0 aromatic carbocycles. The molecule has 0 spiro atoms. The second-order valence-corrected chi connectivity index (χ2v) is 10.7. The molecule has 3 nitrogen and oxygen atoms in total. The highest BCUT2D eigenvalue weighted by Gasteiger charge is 2.60. The molecule has 5 aliphatic rings. The van der Waals surface area contributed by atoms with Crippen LogP contribution in [0, 0.1) is 28.6 Å². The fourth-order valence-corrected chi connectivity index (χ4v) is 7.73. The fraction of sp³-hybridized carbons (Fsp3) is 0.731. The van der Waals surface area contributed by atoms with Crippen molar-refractivity contribution in [3.05, 3.63) is 35.5 Å². The molecule has 158 valence electrons. The Labute approximate surface area is 175 Å². The second-order valence-electron chi connectivity index (χ2n) is 10.7. The first kappa shape index (κ1) is 19.8. The van der Waals surface area contributed by atoms with Gasteiger partial charge in [-0.15, -0.1) is 0 Å². The zero-order chi connectivity index (χ0) is 20.4. The van der Waals surface area contributed by atoms with Crippen LogP contribution in [0.2, 0.25) is 0 Å². The Balaban J connectivity index is 1.42. The summed E-state index contributed by atoms with van der Waals surface area (Å²) in [5.41, 5.74) is 3.86. The molecule has 0 N–H and O–H groups in total. The molecule has 1 aliphatic heterocycles. The Morgan fingerprint density at radius 1 is 1.10 bits per heavy atom. The summed E-state index contributed by atoms with van der Waals surface area (Å²) in [6, 6.07) is 0. The summed E-state index contributed by atoms with van der Waals surface area (Å²) >= 11 is 0. The number of carbonyl (C=O) groups is 1. The van der Waals surface area contributed by atoms with Crippen LogP contribution in [-0.2, 0) is 14.3 Å². The highest BCUT2D eigenvalue weighted by molar-refractivity contribution is 6.02. The molecule has 7 atom stereocenters. The predicted molar refractivity (Wildman–Crippen MR) is 114 cm³/mol. The first-order valence-electron chi connectivity index (χ1n) is 11.7. The summed E-state index contributed by atoms with van der Waals surface area (Å²) in [6.07, 6.45) is 13.4. The van der Waals surface area contributed by atoms with Crippen molar-refractivity contribution in [2.45, 2.75) is 84.5 Å². The number of fused-ring (bicyclic) bond motifs is 5. The van der Waals surface area contributed by atoms with Crippen LogP contribution in [0.3, 0.4) is 0 Å². The van der Waals surface area contributed by atoms with Gasteiger partial charge in [-0.25, -0.2) is 0 Å². The molecule has 0 radical (unpaired) electrons. The van der Waals surface area contributed by atoms with Gasteiger partial charge in [0.05, 0.1) is 6.10 Å². The molecule has 0 amide bonds. The number of carbonyl (C=O) groups excluding carboxylic acids is 1. The summed E-state index contributed by atoms with van der Waals surface area (Å²) in [6.45, 7) is 12.3. The van der Waals surface area contributed by atoms with E-state index in [9.17, 15) is 4.79 Å². The molecule has 29 heavy (non-hydrogen) atoms. The zero-order valence-corrected chi connectivity index (χ0v) is 18.3. The van der Waals surface area contributed by atoms with Crippen LogP contribution in [0.5, 0.6) is 0 Å². The van der Waals surface area contributed by atoms with Crippen LogP contribution >= 0.6 is 0 Å². The summed E-state index contributed by atoms with van der Waals surface area (Å²) in [7, 11) is 0. The van der Waals surface area contributed by atoms with Gasteiger partial charge in [0, 0.05) is 12.0 Å². The minimum Gasteiger partial charge on any atom is -0.353 e. The van der Waals surface area contributed by atoms with Crippen LogP contribution < -0.4 is 0 Å². The molecule has 4 fully saturated rings. The van der Waals surface area contributed by atoms with Gasteiger partial charge < -0.3 is 9.47 Å². The number of allylic oxidation sites excluding steroid dienone is 5. The first-order chi connectivity index (χ1) is 13.8. The molecule has 0 bridgehead atoms. The van der Waals surface area contributed by atoms with Gasteiger partial charge in [0.25, 0.3) is 0 Å². The standard InChI is InChI=1S/C26H36O3/c1-16-13-19-20-8-9-23(29-24-7-5-6-12-28-24)25(20,3)11-10-21(19)26(4)17(2)14-18(27)15-22(16)26/h14-15,19-21,23-24H,1,5-13H2,2-4H3/t19-,20-,21-,23-,24?,25-,26+/m0/s1. The molecular formula is C26H36O3. The molecule has 1 saturated heterocycles. The molecule has 0 aromatic heterocycles. The molecule has 3 heteroatoms. The molecule has 4 aliphatic carbocycles. The van der Waals surface area contributed by atoms with Gasteiger partial charge in [-0.05, 0) is 99.2 Å². The third kappa shape index (κ3) is 2.87. The molecule has 1 heterocycles. The Morgan fingerprint density at radius 2 is 1.93 bits per heavy atom. The Morgan fingerprint density at radius 3 is 2.69 bits per heavy atom. The van der Waals surface area contributed by atoms with Crippen molar-refractivity contribution in [3.8, 4) is 0 Å². The maximum atomic E-state index is 12.2. The van der Waals surface area contributed by atoms with Gasteiger partial charge in [-0.1, -0.05) is 31.6 Å². The summed E-state index contributed by atoms with van der Waals surface area (Å²) < 4.78 is 12.5. The van der Waals surface area contributed by atoms with Crippen molar-refractivity contribution in [1.82, 2.24) is 0 Å². The van der Waals surface area contributed by atoms with Crippen molar-refractivity contribution < 1.29 is 14.3 Å². The minimum absolute atomic E-state index is 0.00459. The van der Waals surface area contributed by atoms with Crippen LogP contribution in [0.25, 0.3) is 0 Å². The average Bonchev–Trinajstić information content (AvgIpc) is 3.02. The fourth-order valence-electron chi connectivity index (χ4n) is 7.73. The lowest BCUT2D eigenvalue weighted by molar-refractivity contribution is -0.215. The van der Waals surface area contributed by atoms with E-state index < -0.39 is 0 Å². The Hall–Kier alpha value is -1.19. The monoisotopic (exact) mass is 396 g/mol. The quantitative estimate of drug-likeness (QED) is 0.595. The third-order valence-corrected chi connectivity index (χ3v) is 9.43. The van der Waals surface area contributed by atoms with Crippen LogP contribution in [0.15, 0.2) is 35.5 Å². The molecular weight excluding hydrogens is 360 g/mol. The van der Waals surface area contributed by atoms with E-state index in [-0.39, 0.29) is 22.9 Å². The highest BCUT2D eigenvalue weighted by atomic mass is 16.7. The van der Waals surface area contributed by atoms with E-state index in [2.05, 4.69) is 27.4 Å². The number of rotatable bonds is 2. The lowest BCUT2D eigenvalue weighted by Gasteiger charge is -2.58. The van der Waals surface area contributed by atoms with E-state index in [1.54, 1.807) is 0 Å². The lowest BCUT2D eigenvalue weighted by atomic mass is 9.46.